The normalized spacial score (nSPS) is 11.4. The molecule has 0 saturated carbocycles. The Hall–Kier alpha value is -2.80. The smallest absolute Gasteiger partial charge is 0.308 e. The first-order valence-corrected chi connectivity index (χ1v) is 7.91. The van der Waals surface area contributed by atoms with Crippen LogP contribution in [-0.4, -0.2) is 30.4 Å². The number of amides is 2. The summed E-state index contributed by atoms with van der Waals surface area (Å²) in [6, 6.07) is 9.72. The fourth-order valence-electron chi connectivity index (χ4n) is 1.89. The summed E-state index contributed by atoms with van der Waals surface area (Å²) in [6.45, 7) is 1.53. The first-order valence-electron chi connectivity index (χ1n) is 7.53. The summed E-state index contributed by atoms with van der Waals surface area (Å²) in [5.74, 6) is -1.35. The minimum atomic E-state index is -0.979. The third-order valence-corrected chi connectivity index (χ3v) is 3.36. The van der Waals surface area contributed by atoms with Gasteiger partial charge in [-0.3, -0.25) is 14.4 Å². The van der Waals surface area contributed by atoms with Gasteiger partial charge in [-0.15, -0.1) is 0 Å². The highest BCUT2D eigenvalue weighted by Gasteiger charge is 2.18. The molecule has 1 heterocycles. The number of benzene rings is 1. The van der Waals surface area contributed by atoms with E-state index < -0.39 is 23.9 Å². The van der Waals surface area contributed by atoms with Gasteiger partial charge >= 0.3 is 5.97 Å². The molecule has 2 aromatic rings. The number of hydrogen-bond donors (Lipinski definition) is 2. The van der Waals surface area contributed by atoms with Crippen LogP contribution in [0, 0.1) is 0 Å². The van der Waals surface area contributed by atoms with Crippen molar-refractivity contribution >= 4 is 35.1 Å². The molecule has 0 unspecified atom stereocenters. The summed E-state index contributed by atoms with van der Waals surface area (Å²) in [4.78, 5) is 35.3. The zero-order valence-electron chi connectivity index (χ0n) is 13.5. The molecule has 0 fully saturated rings. The second kappa shape index (κ2) is 8.89. The minimum absolute atomic E-state index is 0.0682. The summed E-state index contributed by atoms with van der Waals surface area (Å²) >= 11 is 5.83. The van der Waals surface area contributed by atoms with E-state index in [1.54, 1.807) is 30.3 Å². The molecule has 0 bridgehead atoms. The molecule has 0 aliphatic heterocycles. The van der Waals surface area contributed by atoms with Crippen LogP contribution in [0.5, 0.6) is 0 Å². The number of hydrogen-bond acceptors (Lipinski definition) is 5. The maximum Gasteiger partial charge on any atom is 0.308 e. The van der Waals surface area contributed by atoms with E-state index in [0.717, 1.165) is 0 Å². The molecule has 1 atom stereocenters. The zero-order valence-corrected chi connectivity index (χ0v) is 14.2. The van der Waals surface area contributed by atoms with Gasteiger partial charge in [-0.2, -0.15) is 0 Å². The highest BCUT2D eigenvalue weighted by atomic mass is 35.5. The van der Waals surface area contributed by atoms with E-state index in [0.29, 0.717) is 10.7 Å². The Morgan fingerprint density at radius 3 is 2.72 bits per heavy atom. The predicted octanol–water partition coefficient (Wildman–Crippen LogP) is 2.62. The highest BCUT2D eigenvalue weighted by Crippen LogP contribution is 2.15. The SMILES string of the molecule is C[C@@H](OC(=O)CCNC(=O)c1ccco1)C(=O)Nc1cccc(Cl)c1. The lowest BCUT2D eigenvalue weighted by molar-refractivity contribution is -0.153. The number of rotatable bonds is 7. The number of esters is 1. The Morgan fingerprint density at radius 2 is 2.04 bits per heavy atom. The van der Waals surface area contributed by atoms with Crippen LogP contribution < -0.4 is 10.6 Å². The van der Waals surface area contributed by atoms with E-state index in [9.17, 15) is 14.4 Å². The second-order valence-corrected chi connectivity index (χ2v) is 5.55. The average molecular weight is 365 g/mol. The van der Waals surface area contributed by atoms with Gasteiger partial charge in [0.25, 0.3) is 11.8 Å². The quantitative estimate of drug-likeness (QED) is 0.736. The van der Waals surface area contributed by atoms with Gasteiger partial charge in [0.1, 0.15) is 0 Å². The Labute approximate surface area is 149 Å². The van der Waals surface area contributed by atoms with Crippen molar-refractivity contribution in [2.75, 3.05) is 11.9 Å². The molecule has 2 N–H and O–H groups in total. The standard InChI is InChI=1S/C17H17ClN2O5/c1-11(16(22)20-13-5-2-4-12(18)10-13)25-15(21)7-8-19-17(23)14-6-3-9-24-14/h2-6,9-11H,7-8H2,1H3,(H,19,23)(H,20,22)/t11-/m1/s1. The van der Waals surface area contributed by atoms with Crippen LogP contribution in [0.4, 0.5) is 5.69 Å². The van der Waals surface area contributed by atoms with Gasteiger partial charge in [0.2, 0.25) is 0 Å². The molecular weight excluding hydrogens is 348 g/mol. The average Bonchev–Trinajstić information content (AvgIpc) is 3.09. The van der Waals surface area contributed by atoms with Gasteiger partial charge in [0, 0.05) is 17.3 Å². The van der Waals surface area contributed by atoms with Crippen molar-refractivity contribution in [1.82, 2.24) is 5.32 Å². The molecule has 0 aliphatic rings. The van der Waals surface area contributed by atoms with Gasteiger partial charge in [-0.05, 0) is 37.3 Å². The lowest BCUT2D eigenvalue weighted by Crippen LogP contribution is -2.32. The molecule has 7 nitrogen and oxygen atoms in total. The van der Waals surface area contributed by atoms with Crippen LogP contribution in [0.2, 0.25) is 5.02 Å². The van der Waals surface area contributed by atoms with Crippen molar-refractivity contribution in [3.63, 3.8) is 0 Å². The minimum Gasteiger partial charge on any atom is -0.459 e. The molecule has 1 aromatic heterocycles. The molecule has 0 radical (unpaired) electrons. The topological polar surface area (TPSA) is 97.6 Å². The van der Waals surface area contributed by atoms with Crippen LogP contribution in [-0.2, 0) is 14.3 Å². The molecular formula is C17H17ClN2O5. The molecule has 0 spiro atoms. The van der Waals surface area contributed by atoms with Gasteiger partial charge in [0.15, 0.2) is 11.9 Å². The molecule has 25 heavy (non-hydrogen) atoms. The maximum absolute atomic E-state index is 12.0. The maximum atomic E-state index is 12.0. The lowest BCUT2D eigenvalue weighted by Gasteiger charge is -2.13. The summed E-state index contributed by atoms with van der Waals surface area (Å²) in [5, 5.41) is 5.60. The van der Waals surface area contributed by atoms with Crippen molar-refractivity contribution < 1.29 is 23.5 Å². The van der Waals surface area contributed by atoms with E-state index in [2.05, 4.69) is 10.6 Å². The summed E-state index contributed by atoms with van der Waals surface area (Å²) in [6.07, 6.45) is 0.331. The van der Waals surface area contributed by atoms with Crippen LogP contribution in [0.1, 0.15) is 23.9 Å². The molecule has 1 aromatic carbocycles. The Balaban J connectivity index is 1.72. The third kappa shape index (κ3) is 5.96. The number of nitrogens with one attached hydrogen (secondary N) is 2. The molecule has 2 rings (SSSR count). The number of halogens is 1. The number of ether oxygens (including phenoxy) is 1. The van der Waals surface area contributed by atoms with Crippen LogP contribution >= 0.6 is 11.6 Å². The van der Waals surface area contributed by atoms with Crippen LogP contribution in [0.3, 0.4) is 0 Å². The fourth-order valence-corrected chi connectivity index (χ4v) is 2.08. The second-order valence-electron chi connectivity index (χ2n) is 5.11. The summed E-state index contributed by atoms with van der Waals surface area (Å²) < 4.78 is 9.95. The van der Waals surface area contributed by atoms with Crippen molar-refractivity contribution in [3.8, 4) is 0 Å². The van der Waals surface area contributed by atoms with Crippen LogP contribution in [0.15, 0.2) is 47.1 Å². The molecule has 8 heteroatoms. The van der Waals surface area contributed by atoms with Gasteiger partial charge in [-0.1, -0.05) is 17.7 Å². The predicted molar refractivity (Wildman–Crippen MR) is 91.3 cm³/mol. The Bertz CT molecular complexity index is 745. The van der Waals surface area contributed by atoms with E-state index in [1.165, 1.54) is 19.3 Å². The van der Waals surface area contributed by atoms with Crippen molar-refractivity contribution in [1.29, 1.82) is 0 Å². The fraction of sp³-hybridized carbons (Fsp3) is 0.235. The number of anilines is 1. The van der Waals surface area contributed by atoms with Crippen molar-refractivity contribution in [2.24, 2.45) is 0 Å². The Morgan fingerprint density at radius 1 is 1.24 bits per heavy atom. The molecule has 132 valence electrons. The lowest BCUT2D eigenvalue weighted by atomic mass is 10.3. The van der Waals surface area contributed by atoms with E-state index in [-0.39, 0.29) is 18.7 Å². The first kappa shape index (κ1) is 18.5. The highest BCUT2D eigenvalue weighted by molar-refractivity contribution is 6.30. The van der Waals surface area contributed by atoms with Crippen molar-refractivity contribution in [3.05, 3.63) is 53.4 Å². The van der Waals surface area contributed by atoms with Gasteiger partial charge in [-0.25, -0.2) is 0 Å². The third-order valence-electron chi connectivity index (χ3n) is 3.13. The largest absolute Gasteiger partial charge is 0.459 e. The van der Waals surface area contributed by atoms with E-state index >= 15 is 0 Å². The van der Waals surface area contributed by atoms with Gasteiger partial charge in [0.05, 0.1) is 12.7 Å². The number of carbonyl (C=O) groups is 3. The summed E-state index contributed by atoms with van der Waals surface area (Å²) in [7, 11) is 0. The van der Waals surface area contributed by atoms with Gasteiger partial charge < -0.3 is 19.8 Å². The Kier molecular flexibility index (Phi) is 6.59. The van der Waals surface area contributed by atoms with E-state index in [4.69, 9.17) is 20.8 Å². The number of carbonyl (C=O) groups excluding carboxylic acids is 3. The molecule has 0 saturated heterocycles. The summed E-state index contributed by atoms with van der Waals surface area (Å²) in [5.41, 5.74) is 0.506. The molecule has 0 aliphatic carbocycles. The first-order chi connectivity index (χ1) is 12.0. The molecule has 2 amide bonds. The van der Waals surface area contributed by atoms with E-state index in [1.807, 2.05) is 0 Å². The van der Waals surface area contributed by atoms with Crippen LogP contribution in [0.25, 0.3) is 0 Å². The number of furan rings is 1. The zero-order chi connectivity index (χ0) is 18.2. The monoisotopic (exact) mass is 364 g/mol. The van der Waals surface area contributed by atoms with Crippen molar-refractivity contribution in [2.45, 2.75) is 19.4 Å².